The fourth-order valence-electron chi connectivity index (χ4n) is 1.36. The zero-order valence-corrected chi connectivity index (χ0v) is 14.7. The van der Waals surface area contributed by atoms with Gasteiger partial charge < -0.3 is 35.7 Å². The van der Waals surface area contributed by atoms with Gasteiger partial charge in [0, 0.05) is 13.1 Å². The van der Waals surface area contributed by atoms with E-state index >= 15 is 0 Å². The average molecular weight is 349 g/mol. The maximum absolute atomic E-state index is 11.5. The summed E-state index contributed by atoms with van der Waals surface area (Å²) in [6.07, 6.45) is 0. The molecule has 0 spiro atoms. The Morgan fingerprint density at radius 3 is 1.96 bits per heavy atom. The number of ketones is 1. The monoisotopic (exact) mass is 349 g/mol. The molecular formula is C15H31N3O6. The van der Waals surface area contributed by atoms with E-state index in [0.717, 1.165) is 0 Å². The number of carbonyl (C=O) groups excluding carboxylic acids is 2. The molecule has 0 aliphatic rings. The summed E-state index contributed by atoms with van der Waals surface area (Å²) in [5.41, 5.74) is 9.92. The lowest BCUT2D eigenvalue weighted by molar-refractivity contribution is -0.132. The molecule has 9 nitrogen and oxygen atoms in total. The van der Waals surface area contributed by atoms with Crippen molar-refractivity contribution in [3.8, 4) is 0 Å². The van der Waals surface area contributed by atoms with E-state index in [1.807, 2.05) is 0 Å². The highest BCUT2D eigenvalue weighted by Crippen LogP contribution is 1.98. The van der Waals surface area contributed by atoms with Crippen LogP contribution in [0.3, 0.4) is 0 Å². The second-order valence-corrected chi connectivity index (χ2v) is 5.61. The van der Waals surface area contributed by atoms with Gasteiger partial charge in [-0.2, -0.15) is 0 Å². The van der Waals surface area contributed by atoms with Gasteiger partial charge in [-0.05, 0) is 13.8 Å². The third kappa shape index (κ3) is 14.5. The summed E-state index contributed by atoms with van der Waals surface area (Å²) in [5.74, 6) is -0.568. The van der Waals surface area contributed by atoms with Gasteiger partial charge >= 0.3 is 0 Å². The van der Waals surface area contributed by atoms with Crippen molar-refractivity contribution < 1.29 is 28.5 Å². The van der Waals surface area contributed by atoms with Crippen LogP contribution in [0.1, 0.15) is 13.8 Å². The zero-order chi connectivity index (χ0) is 18.3. The van der Waals surface area contributed by atoms with Gasteiger partial charge in [0.05, 0.1) is 45.2 Å². The number of nitrogens with one attached hydrogen (secondary N) is 1. The summed E-state index contributed by atoms with van der Waals surface area (Å²) >= 11 is 0. The van der Waals surface area contributed by atoms with Crippen molar-refractivity contribution in [1.82, 2.24) is 5.32 Å². The minimum absolute atomic E-state index is 0.181. The number of hydrogen-bond acceptors (Lipinski definition) is 8. The zero-order valence-electron chi connectivity index (χ0n) is 14.7. The molecule has 0 saturated carbocycles. The second-order valence-electron chi connectivity index (χ2n) is 5.61. The molecule has 0 aromatic rings. The van der Waals surface area contributed by atoms with E-state index in [2.05, 4.69) is 5.32 Å². The lowest BCUT2D eigenvalue weighted by atomic mass is 10.0. The lowest BCUT2D eigenvalue weighted by Crippen LogP contribution is -2.44. The highest BCUT2D eigenvalue weighted by molar-refractivity contribution is 5.88. The average Bonchev–Trinajstić information content (AvgIpc) is 2.51. The number of Topliss-reactive ketones (excluding diaryl/α,β-unsaturated/α-hetero) is 1. The number of nitrogens with two attached hydrogens (primary N) is 2. The van der Waals surface area contributed by atoms with Gasteiger partial charge in [0.1, 0.15) is 13.2 Å². The van der Waals surface area contributed by atoms with Crippen LogP contribution in [0.4, 0.5) is 0 Å². The fourth-order valence-corrected chi connectivity index (χ4v) is 1.36. The first-order valence-electron chi connectivity index (χ1n) is 7.98. The molecule has 0 atom stereocenters. The van der Waals surface area contributed by atoms with Crippen molar-refractivity contribution in [2.75, 3.05) is 65.9 Å². The van der Waals surface area contributed by atoms with Crippen molar-refractivity contribution in [2.24, 2.45) is 11.5 Å². The van der Waals surface area contributed by atoms with Crippen LogP contribution in [-0.2, 0) is 28.5 Å². The highest BCUT2D eigenvalue weighted by atomic mass is 16.5. The predicted molar refractivity (Wildman–Crippen MR) is 88.6 cm³/mol. The molecule has 0 unspecified atom stereocenters. The van der Waals surface area contributed by atoms with Crippen LogP contribution in [0, 0.1) is 0 Å². The Bertz CT molecular complexity index is 347. The van der Waals surface area contributed by atoms with Gasteiger partial charge in [0.15, 0.2) is 5.78 Å². The first-order valence-corrected chi connectivity index (χ1v) is 7.98. The van der Waals surface area contributed by atoms with E-state index in [0.29, 0.717) is 52.7 Å². The molecule has 0 aliphatic carbocycles. The summed E-state index contributed by atoms with van der Waals surface area (Å²) in [6, 6.07) is 0. The van der Waals surface area contributed by atoms with Crippen LogP contribution in [0.5, 0.6) is 0 Å². The van der Waals surface area contributed by atoms with Crippen LogP contribution in [0.2, 0.25) is 0 Å². The molecule has 1 amide bonds. The van der Waals surface area contributed by atoms with E-state index in [1.54, 1.807) is 13.8 Å². The number of hydrogen-bond donors (Lipinski definition) is 3. The Labute approximate surface area is 143 Å². The Hall–Kier alpha value is -1.10. The summed E-state index contributed by atoms with van der Waals surface area (Å²) < 4.78 is 20.7. The molecule has 5 N–H and O–H groups in total. The molecule has 0 aromatic heterocycles. The standard InChI is InChI=1S/C15H31N3O6/c1-15(2,17)13(19)11-24-12-14(20)18-4-6-22-8-10-23-9-7-21-5-3-16/h3-12,16-17H2,1-2H3,(H,18,20). The van der Waals surface area contributed by atoms with Gasteiger partial charge in [-0.25, -0.2) is 0 Å². The van der Waals surface area contributed by atoms with Gasteiger partial charge in [0.2, 0.25) is 5.91 Å². The summed E-state index contributed by atoms with van der Waals surface area (Å²) in [6.45, 7) is 6.47. The second kappa shape index (κ2) is 14.3. The minimum Gasteiger partial charge on any atom is -0.378 e. The van der Waals surface area contributed by atoms with Crippen molar-refractivity contribution in [1.29, 1.82) is 0 Å². The topological polar surface area (TPSA) is 135 Å². The molecule has 0 aromatic carbocycles. The van der Waals surface area contributed by atoms with Crippen molar-refractivity contribution in [2.45, 2.75) is 19.4 Å². The first-order chi connectivity index (χ1) is 11.4. The molecular weight excluding hydrogens is 318 g/mol. The van der Waals surface area contributed by atoms with Crippen LogP contribution >= 0.6 is 0 Å². The van der Waals surface area contributed by atoms with E-state index < -0.39 is 5.54 Å². The third-order valence-corrected chi connectivity index (χ3v) is 2.76. The Kier molecular flexibility index (Phi) is 13.6. The minimum atomic E-state index is -0.955. The quantitative estimate of drug-likeness (QED) is 0.285. The van der Waals surface area contributed by atoms with E-state index in [-0.39, 0.29) is 24.9 Å². The van der Waals surface area contributed by atoms with Crippen molar-refractivity contribution >= 4 is 11.7 Å². The summed E-state index contributed by atoms with van der Waals surface area (Å²) in [7, 11) is 0. The van der Waals surface area contributed by atoms with Crippen molar-refractivity contribution in [3.05, 3.63) is 0 Å². The number of carbonyl (C=O) groups is 2. The molecule has 0 rings (SSSR count). The Balaban J connectivity index is 3.33. The lowest BCUT2D eigenvalue weighted by Gasteiger charge is -2.16. The third-order valence-electron chi connectivity index (χ3n) is 2.76. The van der Waals surface area contributed by atoms with Crippen molar-refractivity contribution in [3.63, 3.8) is 0 Å². The Morgan fingerprint density at radius 1 is 0.875 bits per heavy atom. The highest BCUT2D eigenvalue weighted by Gasteiger charge is 2.21. The molecule has 24 heavy (non-hydrogen) atoms. The first kappa shape index (κ1) is 22.9. The molecule has 0 aliphatic heterocycles. The number of rotatable bonds is 16. The predicted octanol–water partition coefficient (Wildman–Crippen LogP) is -1.57. The molecule has 0 saturated heterocycles. The van der Waals surface area contributed by atoms with E-state index in [4.69, 9.17) is 30.4 Å². The van der Waals surface area contributed by atoms with Crippen LogP contribution in [-0.4, -0.2) is 83.2 Å². The maximum Gasteiger partial charge on any atom is 0.246 e. The van der Waals surface area contributed by atoms with Gasteiger partial charge in [-0.15, -0.1) is 0 Å². The fraction of sp³-hybridized carbons (Fsp3) is 0.867. The molecule has 0 bridgehead atoms. The molecule has 0 heterocycles. The number of ether oxygens (including phenoxy) is 4. The SMILES string of the molecule is CC(C)(N)C(=O)COCC(=O)NCCOCCOCCOCCN. The van der Waals surface area contributed by atoms with Gasteiger partial charge in [-0.3, -0.25) is 9.59 Å². The van der Waals surface area contributed by atoms with Crippen LogP contribution in [0.25, 0.3) is 0 Å². The van der Waals surface area contributed by atoms with Crippen LogP contribution < -0.4 is 16.8 Å². The number of amides is 1. The molecule has 142 valence electrons. The largest absolute Gasteiger partial charge is 0.378 e. The van der Waals surface area contributed by atoms with Gasteiger partial charge in [-0.1, -0.05) is 0 Å². The maximum atomic E-state index is 11.5. The summed E-state index contributed by atoms with van der Waals surface area (Å²) in [5, 5.41) is 2.62. The van der Waals surface area contributed by atoms with Crippen LogP contribution in [0.15, 0.2) is 0 Å². The van der Waals surface area contributed by atoms with E-state index in [9.17, 15) is 9.59 Å². The molecule has 0 fully saturated rings. The molecule has 0 radical (unpaired) electrons. The molecule has 9 heteroatoms. The normalized spacial score (nSPS) is 11.5. The smallest absolute Gasteiger partial charge is 0.246 e. The van der Waals surface area contributed by atoms with E-state index in [1.165, 1.54) is 0 Å². The summed E-state index contributed by atoms with van der Waals surface area (Å²) in [4.78, 5) is 22.9. The Morgan fingerprint density at radius 2 is 1.42 bits per heavy atom. The van der Waals surface area contributed by atoms with Gasteiger partial charge in [0.25, 0.3) is 0 Å².